The molecule has 1 aromatic carbocycles. The summed E-state index contributed by atoms with van der Waals surface area (Å²) in [7, 11) is 1.92. The highest BCUT2D eigenvalue weighted by Crippen LogP contribution is 2.29. The van der Waals surface area contributed by atoms with Crippen LogP contribution in [0.4, 0.5) is 0 Å². The van der Waals surface area contributed by atoms with Gasteiger partial charge in [0.25, 0.3) is 0 Å². The summed E-state index contributed by atoms with van der Waals surface area (Å²) in [6.07, 6.45) is 0.679. The van der Waals surface area contributed by atoms with Crippen molar-refractivity contribution in [3.8, 4) is 5.69 Å². The van der Waals surface area contributed by atoms with Gasteiger partial charge in [-0.3, -0.25) is 4.57 Å². The van der Waals surface area contributed by atoms with Crippen LogP contribution in [0.1, 0.15) is 11.5 Å². The first-order valence-corrected chi connectivity index (χ1v) is 8.44. The SMILES string of the molecule is Cc1nn(C)c2c1nc(CCCl)n2-c1ccc(I)cc1Cl. The van der Waals surface area contributed by atoms with Crippen molar-refractivity contribution in [3.63, 3.8) is 0 Å². The Kier molecular flexibility index (Phi) is 4.16. The Morgan fingerprint density at radius 1 is 1.33 bits per heavy atom. The molecule has 0 N–H and O–H groups in total. The van der Waals surface area contributed by atoms with Crippen LogP contribution < -0.4 is 0 Å². The third-order valence-electron chi connectivity index (χ3n) is 3.34. The van der Waals surface area contributed by atoms with Crippen LogP contribution in [0.3, 0.4) is 0 Å². The lowest BCUT2D eigenvalue weighted by Gasteiger charge is -2.11. The molecule has 0 spiro atoms. The molecule has 3 rings (SSSR count). The summed E-state index contributed by atoms with van der Waals surface area (Å²) in [6.45, 7) is 1.96. The molecule has 2 heterocycles. The summed E-state index contributed by atoms with van der Waals surface area (Å²) in [6, 6.07) is 5.98. The molecule has 4 nitrogen and oxygen atoms in total. The van der Waals surface area contributed by atoms with E-state index in [0.717, 1.165) is 31.9 Å². The van der Waals surface area contributed by atoms with Gasteiger partial charge in [-0.15, -0.1) is 11.6 Å². The Hall–Kier alpha value is -0.790. The quantitative estimate of drug-likeness (QED) is 0.459. The first kappa shape index (κ1) is 15.1. The maximum absolute atomic E-state index is 6.44. The van der Waals surface area contributed by atoms with Crippen molar-refractivity contribution in [1.82, 2.24) is 19.3 Å². The zero-order valence-electron chi connectivity index (χ0n) is 11.6. The number of nitrogens with zero attached hydrogens (tertiary/aromatic N) is 4. The molecule has 0 saturated heterocycles. The van der Waals surface area contributed by atoms with Gasteiger partial charge in [-0.25, -0.2) is 9.67 Å². The van der Waals surface area contributed by atoms with Crippen molar-refractivity contribution in [2.45, 2.75) is 13.3 Å². The number of aromatic nitrogens is 4. The van der Waals surface area contributed by atoms with E-state index < -0.39 is 0 Å². The molecule has 0 bridgehead atoms. The lowest BCUT2D eigenvalue weighted by Crippen LogP contribution is -2.06. The van der Waals surface area contributed by atoms with E-state index in [1.54, 1.807) is 0 Å². The Morgan fingerprint density at radius 2 is 2.10 bits per heavy atom. The number of halogens is 3. The van der Waals surface area contributed by atoms with E-state index in [0.29, 0.717) is 17.3 Å². The minimum Gasteiger partial charge on any atom is -0.279 e. The second-order valence-electron chi connectivity index (χ2n) is 4.78. The van der Waals surface area contributed by atoms with Crippen LogP contribution in [0.15, 0.2) is 18.2 Å². The van der Waals surface area contributed by atoms with Crippen LogP contribution >= 0.6 is 45.8 Å². The zero-order chi connectivity index (χ0) is 15.1. The molecule has 0 aliphatic carbocycles. The molecule has 110 valence electrons. The van der Waals surface area contributed by atoms with Crippen LogP contribution in [0.25, 0.3) is 16.9 Å². The number of hydrogen-bond acceptors (Lipinski definition) is 2. The molecule has 0 radical (unpaired) electrons. The van der Waals surface area contributed by atoms with Gasteiger partial charge in [-0.2, -0.15) is 5.10 Å². The molecule has 21 heavy (non-hydrogen) atoms. The van der Waals surface area contributed by atoms with E-state index in [-0.39, 0.29) is 0 Å². The van der Waals surface area contributed by atoms with Crippen LogP contribution in [0, 0.1) is 10.5 Å². The van der Waals surface area contributed by atoms with Crippen molar-refractivity contribution < 1.29 is 0 Å². The maximum Gasteiger partial charge on any atom is 0.163 e. The van der Waals surface area contributed by atoms with Gasteiger partial charge in [0.1, 0.15) is 11.3 Å². The smallest absolute Gasteiger partial charge is 0.163 e. The molecule has 0 unspecified atom stereocenters. The van der Waals surface area contributed by atoms with E-state index in [4.69, 9.17) is 28.2 Å². The van der Waals surface area contributed by atoms with E-state index in [2.05, 4.69) is 32.3 Å². The van der Waals surface area contributed by atoms with E-state index in [1.807, 2.05) is 36.9 Å². The van der Waals surface area contributed by atoms with Gasteiger partial charge in [0, 0.05) is 22.9 Å². The van der Waals surface area contributed by atoms with Crippen LogP contribution in [0.5, 0.6) is 0 Å². The molecule has 0 atom stereocenters. The highest BCUT2D eigenvalue weighted by Gasteiger charge is 2.19. The monoisotopic (exact) mass is 434 g/mol. The van der Waals surface area contributed by atoms with Crippen molar-refractivity contribution in [2.75, 3.05) is 5.88 Å². The van der Waals surface area contributed by atoms with Gasteiger partial charge in [0.05, 0.1) is 16.4 Å². The van der Waals surface area contributed by atoms with Crippen molar-refractivity contribution in [1.29, 1.82) is 0 Å². The molecular weight excluding hydrogens is 422 g/mol. The molecule has 3 aromatic rings. The molecule has 0 aliphatic heterocycles. The highest BCUT2D eigenvalue weighted by atomic mass is 127. The largest absolute Gasteiger partial charge is 0.279 e. The number of imidazole rings is 1. The van der Waals surface area contributed by atoms with Gasteiger partial charge in [-0.05, 0) is 47.7 Å². The van der Waals surface area contributed by atoms with Crippen molar-refractivity contribution in [3.05, 3.63) is 38.3 Å². The van der Waals surface area contributed by atoms with Gasteiger partial charge >= 0.3 is 0 Å². The molecule has 0 amide bonds. The minimum atomic E-state index is 0.512. The minimum absolute atomic E-state index is 0.512. The van der Waals surface area contributed by atoms with E-state index >= 15 is 0 Å². The first-order valence-electron chi connectivity index (χ1n) is 6.45. The average Bonchev–Trinajstić information content (AvgIpc) is 2.90. The fourth-order valence-corrected chi connectivity index (χ4v) is 3.59. The Labute approximate surface area is 146 Å². The third-order valence-corrected chi connectivity index (χ3v) is 4.50. The Bertz CT molecular complexity index is 822. The summed E-state index contributed by atoms with van der Waals surface area (Å²) >= 11 is 14.6. The molecular formula is C14H13Cl2IN4. The van der Waals surface area contributed by atoms with Gasteiger partial charge in [0.2, 0.25) is 0 Å². The van der Waals surface area contributed by atoms with Crippen molar-refractivity contribution >= 4 is 57.0 Å². The average molecular weight is 435 g/mol. The third kappa shape index (κ3) is 2.55. The summed E-state index contributed by atoms with van der Waals surface area (Å²) < 4.78 is 4.98. The lowest BCUT2D eigenvalue weighted by molar-refractivity contribution is 0.751. The highest BCUT2D eigenvalue weighted by molar-refractivity contribution is 14.1. The number of rotatable bonds is 3. The topological polar surface area (TPSA) is 35.6 Å². The summed E-state index contributed by atoms with van der Waals surface area (Å²) in [5.41, 5.74) is 3.65. The number of hydrogen-bond donors (Lipinski definition) is 0. The molecule has 0 aliphatic rings. The molecule has 2 aromatic heterocycles. The second kappa shape index (κ2) is 5.78. The summed E-state index contributed by atoms with van der Waals surface area (Å²) in [5, 5.41) is 5.13. The van der Waals surface area contributed by atoms with E-state index in [9.17, 15) is 0 Å². The molecule has 0 fully saturated rings. The Morgan fingerprint density at radius 3 is 2.76 bits per heavy atom. The normalized spacial score (nSPS) is 11.5. The predicted molar refractivity (Wildman–Crippen MR) is 94.7 cm³/mol. The first-order chi connectivity index (χ1) is 10.0. The summed E-state index contributed by atoms with van der Waals surface area (Å²) in [5.74, 6) is 1.41. The van der Waals surface area contributed by atoms with E-state index in [1.165, 1.54) is 0 Å². The number of alkyl halides is 1. The zero-order valence-corrected chi connectivity index (χ0v) is 15.2. The van der Waals surface area contributed by atoms with Gasteiger partial charge in [0.15, 0.2) is 5.65 Å². The molecule has 0 saturated carbocycles. The van der Waals surface area contributed by atoms with Crippen molar-refractivity contribution in [2.24, 2.45) is 7.05 Å². The van der Waals surface area contributed by atoms with Gasteiger partial charge in [-0.1, -0.05) is 11.6 Å². The lowest BCUT2D eigenvalue weighted by atomic mass is 10.3. The number of aryl methyl sites for hydroxylation is 3. The number of benzene rings is 1. The Balaban J connectivity index is 2.35. The van der Waals surface area contributed by atoms with Crippen LogP contribution in [-0.2, 0) is 13.5 Å². The van der Waals surface area contributed by atoms with Crippen LogP contribution in [-0.4, -0.2) is 25.2 Å². The van der Waals surface area contributed by atoms with Crippen LogP contribution in [0.2, 0.25) is 5.02 Å². The number of fused-ring (bicyclic) bond motifs is 1. The molecule has 7 heteroatoms. The fraction of sp³-hybridized carbons (Fsp3) is 0.286. The van der Waals surface area contributed by atoms with Gasteiger partial charge < -0.3 is 0 Å². The summed E-state index contributed by atoms with van der Waals surface area (Å²) in [4.78, 5) is 4.70. The maximum atomic E-state index is 6.44. The second-order valence-corrected chi connectivity index (χ2v) is 6.81. The fourth-order valence-electron chi connectivity index (χ4n) is 2.49. The standard InChI is InChI=1S/C14H13Cl2IN4/c1-8-13-14(20(2)19-8)21(12(18-13)5-6-15)11-4-3-9(17)7-10(11)16/h3-4,7H,5-6H2,1-2H3. The predicted octanol–water partition coefficient (Wildman–Crippen LogP) is 4.11.